The van der Waals surface area contributed by atoms with Gasteiger partial charge in [-0.2, -0.15) is 0 Å². The number of amides is 2. The molecule has 1 aliphatic rings. The molecule has 2 heterocycles. The normalized spacial score (nSPS) is 14.6. The maximum Gasteiger partial charge on any atom is 0.238 e. The quantitative estimate of drug-likeness (QED) is 0.519. The second kappa shape index (κ2) is 10.5. The molecule has 0 atom stereocenters. The van der Waals surface area contributed by atoms with Gasteiger partial charge in [-0.25, -0.2) is 4.98 Å². The molecule has 7 nitrogen and oxygen atoms in total. The predicted molar refractivity (Wildman–Crippen MR) is 130 cm³/mol. The van der Waals surface area contributed by atoms with Crippen LogP contribution in [0.2, 0.25) is 0 Å². The third-order valence-electron chi connectivity index (χ3n) is 5.66. The van der Waals surface area contributed by atoms with Crippen LogP contribution in [-0.2, 0) is 9.59 Å². The molecule has 33 heavy (non-hydrogen) atoms. The summed E-state index contributed by atoms with van der Waals surface area (Å²) in [6, 6.07) is 16.1. The van der Waals surface area contributed by atoms with Gasteiger partial charge in [0.2, 0.25) is 11.8 Å². The van der Waals surface area contributed by atoms with Crippen molar-refractivity contribution in [3.63, 3.8) is 0 Å². The molecule has 1 saturated heterocycles. The first-order valence-electron chi connectivity index (χ1n) is 10.9. The van der Waals surface area contributed by atoms with Crippen molar-refractivity contribution in [3.8, 4) is 0 Å². The van der Waals surface area contributed by atoms with E-state index in [1.165, 1.54) is 11.3 Å². The molecule has 3 aromatic rings. The van der Waals surface area contributed by atoms with Gasteiger partial charge in [-0.3, -0.25) is 19.3 Å². The number of anilines is 2. The van der Waals surface area contributed by atoms with Crippen molar-refractivity contribution >= 4 is 39.8 Å². The average molecular weight is 463 g/mol. The van der Waals surface area contributed by atoms with Crippen molar-refractivity contribution in [1.82, 2.24) is 9.88 Å². The summed E-state index contributed by atoms with van der Waals surface area (Å²) in [6.07, 6.45) is 1.37. The molecule has 4 rings (SSSR count). The number of hydrogen-bond donors (Lipinski definition) is 2. The third kappa shape index (κ3) is 5.91. The standard InChI is InChI=1S/C25H26N4O3S/c1-17-16-33-25(26-17)28-24(32)19-11-13-29(14-12-19)15-22(30)27-21-10-6-5-9-20(21)23(31)18-7-3-2-4-8-18/h2-10,16,19H,11-15H2,1H3,(H,27,30)(H,26,28,32). The minimum Gasteiger partial charge on any atom is -0.324 e. The van der Waals surface area contributed by atoms with Crippen LogP contribution in [0.5, 0.6) is 0 Å². The van der Waals surface area contributed by atoms with E-state index in [0.29, 0.717) is 47.9 Å². The van der Waals surface area contributed by atoms with Crippen LogP contribution in [0.3, 0.4) is 0 Å². The number of carbonyl (C=O) groups is 3. The molecule has 0 saturated carbocycles. The van der Waals surface area contributed by atoms with Crippen LogP contribution in [0.1, 0.15) is 34.5 Å². The monoisotopic (exact) mass is 462 g/mol. The zero-order valence-electron chi connectivity index (χ0n) is 18.4. The van der Waals surface area contributed by atoms with Crippen LogP contribution in [0.25, 0.3) is 0 Å². The highest BCUT2D eigenvalue weighted by molar-refractivity contribution is 7.13. The lowest BCUT2D eigenvalue weighted by Gasteiger charge is -2.30. The maximum atomic E-state index is 12.9. The molecule has 0 spiro atoms. The lowest BCUT2D eigenvalue weighted by Crippen LogP contribution is -2.41. The fourth-order valence-electron chi connectivity index (χ4n) is 3.90. The summed E-state index contributed by atoms with van der Waals surface area (Å²) >= 11 is 1.42. The molecule has 1 fully saturated rings. The van der Waals surface area contributed by atoms with E-state index in [9.17, 15) is 14.4 Å². The van der Waals surface area contributed by atoms with Crippen LogP contribution in [0.15, 0.2) is 60.0 Å². The van der Waals surface area contributed by atoms with Gasteiger partial charge < -0.3 is 10.6 Å². The van der Waals surface area contributed by atoms with Crippen molar-refractivity contribution in [1.29, 1.82) is 0 Å². The minimum absolute atomic E-state index is 0.0122. The van der Waals surface area contributed by atoms with Gasteiger partial charge in [-0.1, -0.05) is 42.5 Å². The summed E-state index contributed by atoms with van der Waals surface area (Å²) in [7, 11) is 0. The summed E-state index contributed by atoms with van der Waals surface area (Å²) in [4.78, 5) is 44.4. The first-order chi connectivity index (χ1) is 16.0. The summed E-state index contributed by atoms with van der Waals surface area (Å²) in [5, 5.41) is 8.31. The van der Waals surface area contributed by atoms with Gasteiger partial charge in [0.15, 0.2) is 10.9 Å². The number of likely N-dealkylation sites (tertiary alicyclic amines) is 1. The van der Waals surface area contributed by atoms with E-state index < -0.39 is 0 Å². The predicted octanol–water partition coefficient (Wildman–Crippen LogP) is 3.97. The van der Waals surface area contributed by atoms with E-state index in [-0.39, 0.29) is 30.1 Å². The number of nitrogens with one attached hydrogen (secondary N) is 2. The number of ketones is 1. The third-order valence-corrected chi connectivity index (χ3v) is 6.53. The number of piperidine rings is 1. The second-order valence-electron chi connectivity index (χ2n) is 8.12. The molecule has 8 heteroatoms. The summed E-state index contributed by atoms with van der Waals surface area (Å²) in [6.45, 7) is 3.43. The molecule has 2 N–H and O–H groups in total. The Labute approximate surface area is 196 Å². The Hall–Kier alpha value is -3.36. The lowest BCUT2D eigenvalue weighted by molar-refractivity contribution is -0.121. The van der Waals surface area contributed by atoms with Crippen molar-refractivity contribution in [2.24, 2.45) is 5.92 Å². The fourth-order valence-corrected chi connectivity index (χ4v) is 4.59. The number of carbonyl (C=O) groups excluding carboxylic acids is 3. The second-order valence-corrected chi connectivity index (χ2v) is 8.98. The SMILES string of the molecule is Cc1csc(NC(=O)C2CCN(CC(=O)Nc3ccccc3C(=O)c3ccccc3)CC2)n1. The Balaban J connectivity index is 1.30. The number of aryl methyl sites for hydroxylation is 1. The first kappa shape index (κ1) is 22.8. The van der Waals surface area contributed by atoms with Gasteiger partial charge in [0.25, 0.3) is 0 Å². The van der Waals surface area contributed by atoms with Gasteiger partial charge in [-0.05, 0) is 45.0 Å². The van der Waals surface area contributed by atoms with Crippen molar-refractivity contribution < 1.29 is 14.4 Å². The van der Waals surface area contributed by atoms with Crippen molar-refractivity contribution in [3.05, 3.63) is 76.8 Å². The van der Waals surface area contributed by atoms with E-state index in [4.69, 9.17) is 0 Å². The topological polar surface area (TPSA) is 91.4 Å². The number of para-hydroxylation sites is 1. The molecule has 1 aromatic heterocycles. The molecular weight excluding hydrogens is 436 g/mol. The molecule has 2 amide bonds. The Morgan fingerprint density at radius 2 is 1.70 bits per heavy atom. The molecular formula is C25H26N4O3S. The molecule has 1 aliphatic heterocycles. The highest BCUT2D eigenvalue weighted by atomic mass is 32.1. The van der Waals surface area contributed by atoms with E-state index in [1.54, 1.807) is 36.4 Å². The fraction of sp³-hybridized carbons (Fsp3) is 0.280. The van der Waals surface area contributed by atoms with E-state index in [1.807, 2.05) is 35.4 Å². The number of benzene rings is 2. The number of rotatable bonds is 7. The molecule has 170 valence electrons. The van der Waals surface area contributed by atoms with E-state index in [2.05, 4.69) is 15.6 Å². The van der Waals surface area contributed by atoms with Crippen LogP contribution >= 0.6 is 11.3 Å². The minimum atomic E-state index is -0.176. The lowest BCUT2D eigenvalue weighted by atomic mass is 9.96. The number of aromatic nitrogens is 1. The molecule has 0 radical (unpaired) electrons. The summed E-state index contributed by atoms with van der Waals surface area (Å²) in [5.74, 6) is -0.405. The molecule has 0 unspecified atom stereocenters. The highest BCUT2D eigenvalue weighted by Gasteiger charge is 2.26. The Kier molecular flexibility index (Phi) is 7.26. The van der Waals surface area contributed by atoms with Gasteiger partial charge in [0.1, 0.15) is 0 Å². The van der Waals surface area contributed by atoms with Gasteiger partial charge in [0.05, 0.1) is 17.9 Å². The first-order valence-corrected chi connectivity index (χ1v) is 11.8. The van der Waals surface area contributed by atoms with Crippen molar-refractivity contribution in [2.45, 2.75) is 19.8 Å². The van der Waals surface area contributed by atoms with E-state index in [0.717, 1.165) is 5.69 Å². The number of nitrogens with zero attached hydrogens (tertiary/aromatic N) is 2. The van der Waals surface area contributed by atoms with Crippen LogP contribution in [-0.4, -0.2) is 47.1 Å². The number of hydrogen-bond acceptors (Lipinski definition) is 6. The smallest absolute Gasteiger partial charge is 0.238 e. The zero-order chi connectivity index (χ0) is 23.2. The Morgan fingerprint density at radius 1 is 1.00 bits per heavy atom. The molecule has 0 aliphatic carbocycles. The largest absolute Gasteiger partial charge is 0.324 e. The summed E-state index contributed by atoms with van der Waals surface area (Å²) in [5.41, 5.74) is 2.44. The van der Waals surface area contributed by atoms with Gasteiger partial charge >= 0.3 is 0 Å². The van der Waals surface area contributed by atoms with Crippen LogP contribution in [0.4, 0.5) is 10.8 Å². The van der Waals surface area contributed by atoms with Crippen molar-refractivity contribution in [2.75, 3.05) is 30.3 Å². The molecule has 2 aromatic carbocycles. The molecule has 0 bridgehead atoms. The van der Waals surface area contributed by atoms with Gasteiger partial charge in [0, 0.05) is 22.4 Å². The summed E-state index contributed by atoms with van der Waals surface area (Å²) < 4.78 is 0. The van der Waals surface area contributed by atoms with Crippen LogP contribution in [0, 0.1) is 12.8 Å². The highest BCUT2D eigenvalue weighted by Crippen LogP contribution is 2.22. The Morgan fingerprint density at radius 3 is 2.39 bits per heavy atom. The average Bonchev–Trinajstić information content (AvgIpc) is 3.24. The Bertz CT molecular complexity index is 1140. The van der Waals surface area contributed by atoms with Gasteiger partial charge in [-0.15, -0.1) is 11.3 Å². The van der Waals surface area contributed by atoms with E-state index >= 15 is 0 Å². The zero-order valence-corrected chi connectivity index (χ0v) is 19.2. The number of thiazole rings is 1. The maximum absolute atomic E-state index is 12.9. The van der Waals surface area contributed by atoms with Crippen LogP contribution < -0.4 is 10.6 Å².